The van der Waals surface area contributed by atoms with E-state index in [1.165, 1.54) is 0 Å². The maximum Gasteiger partial charge on any atom is 0.335 e. The predicted molar refractivity (Wildman–Crippen MR) is 65.7 cm³/mol. The number of hydrogen-bond acceptors (Lipinski definition) is 2. The van der Waals surface area contributed by atoms with Gasteiger partial charge in [0.25, 0.3) is 0 Å². The quantitative estimate of drug-likeness (QED) is 0.821. The number of amides is 1. The molecule has 0 bridgehead atoms. The second-order valence-electron chi connectivity index (χ2n) is 4.24. The normalized spacial score (nSPS) is 12.9. The molecular formula is C14H13NO3. The van der Waals surface area contributed by atoms with Crippen LogP contribution >= 0.6 is 0 Å². The maximum absolute atomic E-state index is 11.8. The van der Waals surface area contributed by atoms with Gasteiger partial charge in [0.1, 0.15) is 0 Å². The van der Waals surface area contributed by atoms with Crippen LogP contribution in [0.1, 0.15) is 34.3 Å². The molecule has 0 fully saturated rings. The van der Waals surface area contributed by atoms with Crippen molar-refractivity contribution in [3.05, 3.63) is 34.9 Å². The largest absolute Gasteiger partial charge is 0.478 e. The van der Waals surface area contributed by atoms with Crippen LogP contribution in [-0.4, -0.2) is 21.9 Å². The summed E-state index contributed by atoms with van der Waals surface area (Å²) in [4.78, 5) is 24.4. The maximum atomic E-state index is 11.8. The first-order chi connectivity index (χ1) is 8.61. The van der Waals surface area contributed by atoms with Gasteiger partial charge in [0.2, 0.25) is 5.91 Å². The number of carboxylic acids is 1. The van der Waals surface area contributed by atoms with Crippen LogP contribution in [0, 0.1) is 12.3 Å². The monoisotopic (exact) mass is 243 g/mol. The summed E-state index contributed by atoms with van der Waals surface area (Å²) in [5.41, 5.74) is 2.17. The number of carbonyl (C=O) groups excluding carboxylic acids is 1. The molecule has 0 atom stereocenters. The molecule has 1 aliphatic rings. The van der Waals surface area contributed by atoms with E-state index in [1.807, 2.05) is 0 Å². The van der Waals surface area contributed by atoms with Crippen LogP contribution in [-0.2, 0) is 17.9 Å². The van der Waals surface area contributed by atoms with Gasteiger partial charge in [-0.3, -0.25) is 4.79 Å². The summed E-state index contributed by atoms with van der Waals surface area (Å²) in [6, 6.07) is 4.97. The molecule has 18 heavy (non-hydrogen) atoms. The molecule has 1 N–H and O–H groups in total. The van der Waals surface area contributed by atoms with E-state index in [-0.39, 0.29) is 11.5 Å². The van der Waals surface area contributed by atoms with Crippen molar-refractivity contribution in [2.75, 3.05) is 0 Å². The summed E-state index contributed by atoms with van der Waals surface area (Å²) in [7, 11) is 0. The third-order valence-electron chi connectivity index (χ3n) is 3.01. The molecule has 0 aliphatic carbocycles. The fraction of sp³-hybridized carbons (Fsp3) is 0.286. The van der Waals surface area contributed by atoms with Crippen LogP contribution in [0.15, 0.2) is 18.2 Å². The Bertz CT molecular complexity index is 542. The van der Waals surface area contributed by atoms with Crippen molar-refractivity contribution in [3.63, 3.8) is 0 Å². The number of hydrogen-bond donors (Lipinski definition) is 1. The molecule has 0 aromatic heterocycles. The van der Waals surface area contributed by atoms with Crippen LogP contribution in [0.5, 0.6) is 0 Å². The number of terminal acetylenes is 1. The second-order valence-corrected chi connectivity index (χ2v) is 4.24. The summed E-state index contributed by atoms with van der Waals surface area (Å²) in [5.74, 6) is 1.51. The van der Waals surface area contributed by atoms with Crippen molar-refractivity contribution in [1.29, 1.82) is 0 Å². The molecule has 4 heteroatoms. The standard InChI is InChI=1S/C14H13NO3/c1-2-3-4-13(16)15-8-11-6-5-10(14(17)18)7-12(11)9-15/h1,5-7H,3-4,8-9H2,(H,17,18). The Morgan fingerprint density at radius 2 is 2.06 bits per heavy atom. The van der Waals surface area contributed by atoms with Gasteiger partial charge in [-0.2, -0.15) is 0 Å². The highest BCUT2D eigenvalue weighted by atomic mass is 16.4. The minimum absolute atomic E-state index is 0.0148. The van der Waals surface area contributed by atoms with Gasteiger partial charge in [0.05, 0.1) is 5.56 Å². The summed E-state index contributed by atoms with van der Waals surface area (Å²) in [6.45, 7) is 1.01. The topological polar surface area (TPSA) is 57.6 Å². The molecule has 1 aromatic rings. The smallest absolute Gasteiger partial charge is 0.335 e. The Morgan fingerprint density at radius 1 is 1.33 bits per heavy atom. The van der Waals surface area contributed by atoms with Crippen molar-refractivity contribution in [1.82, 2.24) is 4.90 Å². The molecule has 1 aliphatic heterocycles. The molecule has 0 saturated heterocycles. The van der Waals surface area contributed by atoms with Gasteiger partial charge < -0.3 is 10.0 Å². The molecule has 0 unspecified atom stereocenters. The lowest BCUT2D eigenvalue weighted by molar-refractivity contribution is -0.131. The van der Waals surface area contributed by atoms with Crippen molar-refractivity contribution >= 4 is 11.9 Å². The highest BCUT2D eigenvalue weighted by Gasteiger charge is 2.23. The lowest BCUT2D eigenvalue weighted by Crippen LogP contribution is -2.24. The number of rotatable bonds is 3. The number of nitrogens with zero attached hydrogens (tertiary/aromatic N) is 1. The van der Waals surface area contributed by atoms with E-state index in [0.717, 1.165) is 11.1 Å². The predicted octanol–water partition coefficient (Wildman–Crippen LogP) is 1.64. The van der Waals surface area contributed by atoms with E-state index in [0.29, 0.717) is 25.9 Å². The first-order valence-electron chi connectivity index (χ1n) is 5.68. The third-order valence-corrected chi connectivity index (χ3v) is 3.01. The van der Waals surface area contributed by atoms with Gasteiger partial charge in [-0.15, -0.1) is 12.3 Å². The molecule has 1 aromatic carbocycles. The SMILES string of the molecule is C#CCCC(=O)N1Cc2ccc(C(=O)O)cc2C1. The van der Waals surface area contributed by atoms with Crippen LogP contribution in [0.25, 0.3) is 0 Å². The van der Waals surface area contributed by atoms with E-state index in [2.05, 4.69) is 5.92 Å². The van der Waals surface area contributed by atoms with Crippen molar-refractivity contribution in [3.8, 4) is 12.3 Å². The molecule has 0 spiro atoms. The first kappa shape index (κ1) is 12.2. The summed E-state index contributed by atoms with van der Waals surface area (Å²) in [5, 5.41) is 8.90. The molecule has 0 radical (unpaired) electrons. The molecule has 92 valence electrons. The Balaban J connectivity index is 2.11. The summed E-state index contributed by atoms with van der Waals surface area (Å²) in [6.07, 6.45) is 5.91. The van der Waals surface area contributed by atoms with E-state index in [4.69, 9.17) is 11.5 Å². The van der Waals surface area contributed by atoms with Gasteiger partial charge in [-0.1, -0.05) is 6.07 Å². The fourth-order valence-corrected chi connectivity index (χ4v) is 2.04. The Morgan fingerprint density at radius 3 is 2.72 bits per heavy atom. The Labute approximate surface area is 105 Å². The van der Waals surface area contributed by atoms with Crippen LogP contribution < -0.4 is 0 Å². The second kappa shape index (κ2) is 4.92. The van der Waals surface area contributed by atoms with E-state index < -0.39 is 5.97 Å². The van der Waals surface area contributed by atoms with Crippen molar-refractivity contribution in [2.24, 2.45) is 0 Å². The van der Waals surface area contributed by atoms with E-state index in [1.54, 1.807) is 23.1 Å². The Kier molecular flexibility index (Phi) is 3.33. The molecule has 0 saturated carbocycles. The van der Waals surface area contributed by atoms with Gasteiger partial charge in [0, 0.05) is 25.9 Å². The molecule has 4 nitrogen and oxygen atoms in total. The average Bonchev–Trinajstić information content (AvgIpc) is 2.78. The van der Waals surface area contributed by atoms with Crippen LogP contribution in [0.2, 0.25) is 0 Å². The molecular weight excluding hydrogens is 230 g/mol. The summed E-state index contributed by atoms with van der Waals surface area (Å²) < 4.78 is 0. The van der Waals surface area contributed by atoms with Gasteiger partial charge in [-0.05, 0) is 23.3 Å². The van der Waals surface area contributed by atoms with Crippen LogP contribution in [0.4, 0.5) is 0 Å². The van der Waals surface area contributed by atoms with E-state index >= 15 is 0 Å². The minimum atomic E-state index is -0.949. The molecule has 1 amide bonds. The lowest BCUT2D eigenvalue weighted by atomic mass is 10.1. The number of aromatic carboxylic acids is 1. The van der Waals surface area contributed by atoms with Gasteiger partial charge in [0.15, 0.2) is 0 Å². The number of carboxylic acid groups (broad SMARTS) is 1. The summed E-state index contributed by atoms with van der Waals surface area (Å²) >= 11 is 0. The first-order valence-corrected chi connectivity index (χ1v) is 5.68. The van der Waals surface area contributed by atoms with Crippen molar-refractivity contribution in [2.45, 2.75) is 25.9 Å². The zero-order valence-electron chi connectivity index (χ0n) is 9.85. The highest BCUT2D eigenvalue weighted by molar-refractivity contribution is 5.88. The number of carbonyl (C=O) groups is 2. The zero-order chi connectivity index (χ0) is 13.1. The average molecular weight is 243 g/mol. The van der Waals surface area contributed by atoms with Crippen molar-refractivity contribution < 1.29 is 14.7 Å². The fourth-order valence-electron chi connectivity index (χ4n) is 2.04. The van der Waals surface area contributed by atoms with E-state index in [9.17, 15) is 9.59 Å². The van der Waals surface area contributed by atoms with Crippen LogP contribution in [0.3, 0.4) is 0 Å². The molecule has 1 heterocycles. The highest BCUT2D eigenvalue weighted by Crippen LogP contribution is 2.24. The lowest BCUT2D eigenvalue weighted by Gasteiger charge is -2.14. The molecule has 2 rings (SSSR count). The number of fused-ring (bicyclic) bond motifs is 1. The minimum Gasteiger partial charge on any atom is -0.478 e. The van der Waals surface area contributed by atoms with Gasteiger partial charge >= 0.3 is 5.97 Å². The van der Waals surface area contributed by atoms with Gasteiger partial charge in [-0.25, -0.2) is 4.79 Å². The Hall–Kier alpha value is -2.28. The third kappa shape index (κ3) is 2.35. The zero-order valence-corrected chi connectivity index (χ0v) is 9.85. The number of benzene rings is 1.